The molecule has 6 nitrogen and oxygen atoms in total. The molecule has 0 unspecified atom stereocenters. The molecule has 0 radical (unpaired) electrons. The molecule has 0 saturated heterocycles. The highest BCUT2D eigenvalue weighted by atomic mass is 16.3. The Morgan fingerprint density at radius 1 is 0.473 bits per heavy atom. The minimum atomic E-state index is -0.234. The van der Waals surface area contributed by atoms with Crippen LogP contribution >= 0.6 is 0 Å². The van der Waals surface area contributed by atoms with Gasteiger partial charge >= 0.3 is 0 Å². The SMILES string of the molecule is CC1(C)c2cc(-c3cccc(-c4nc(-c5ccccc5)nc(-n5c6ccccc6c6ccccc65)n4)c3)ccc2-c2c1ccc1nc(-c3ccccc3)oc21. The highest BCUT2D eigenvalue weighted by molar-refractivity contribution is 6.09. The van der Waals surface area contributed by atoms with Crippen LogP contribution in [-0.2, 0) is 5.41 Å². The van der Waals surface area contributed by atoms with E-state index in [0.29, 0.717) is 23.5 Å². The Hall–Kier alpha value is -7.18. The summed E-state index contributed by atoms with van der Waals surface area (Å²) in [6, 6.07) is 56.7. The zero-order chi connectivity index (χ0) is 36.7. The van der Waals surface area contributed by atoms with Gasteiger partial charge in [-0.25, -0.2) is 9.97 Å². The van der Waals surface area contributed by atoms with Gasteiger partial charge in [-0.05, 0) is 70.3 Å². The normalized spacial score (nSPS) is 13.1. The summed E-state index contributed by atoms with van der Waals surface area (Å²) in [5.41, 5.74) is 13.4. The molecule has 0 N–H and O–H groups in total. The molecule has 0 amide bonds. The van der Waals surface area contributed by atoms with E-state index in [2.05, 4.69) is 122 Å². The maximum Gasteiger partial charge on any atom is 0.238 e. The van der Waals surface area contributed by atoms with Crippen LogP contribution in [0.15, 0.2) is 168 Å². The number of oxazole rings is 1. The van der Waals surface area contributed by atoms with E-state index in [4.69, 9.17) is 24.4 Å². The van der Waals surface area contributed by atoms with E-state index in [0.717, 1.165) is 66.3 Å². The van der Waals surface area contributed by atoms with Crippen molar-refractivity contribution in [1.82, 2.24) is 24.5 Å². The predicted octanol–water partition coefficient (Wildman–Crippen LogP) is 12.1. The summed E-state index contributed by atoms with van der Waals surface area (Å²) < 4.78 is 8.67. The second-order valence-electron chi connectivity index (χ2n) is 14.7. The second kappa shape index (κ2) is 11.9. The molecule has 1 aliphatic rings. The first-order chi connectivity index (χ1) is 27.0. The Bertz CT molecular complexity index is 3070. The van der Waals surface area contributed by atoms with Crippen molar-refractivity contribution in [2.24, 2.45) is 0 Å². The molecule has 3 heterocycles. The quantitative estimate of drug-likeness (QED) is 0.178. The molecule has 3 aromatic heterocycles. The molecular weight excluding hydrogens is 675 g/mol. The van der Waals surface area contributed by atoms with Gasteiger partial charge in [-0.1, -0.05) is 135 Å². The molecule has 7 aromatic carbocycles. The molecule has 0 bridgehead atoms. The van der Waals surface area contributed by atoms with Gasteiger partial charge in [0.15, 0.2) is 17.2 Å². The molecule has 0 atom stereocenters. The van der Waals surface area contributed by atoms with Crippen molar-refractivity contribution in [3.05, 3.63) is 175 Å². The summed E-state index contributed by atoms with van der Waals surface area (Å²) >= 11 is 0. The van der Waals surface area contributed by atoms with Crippen molar-refractivity contribution in [3.63, 3.8) is 0 Å². The fourth-order valence-electron chi connectivity index (χ4n) is 8.37. The maximum absolute atomic E-state index is 6.52. The third-order valence-corrected chi connectivity index (χ3v) is 11.1. The fraction of sp³-hybridized carbons (Fsp3) is 0.0612. The molecule has 1 aliphatic carbocycles. The van der Waals surface area contributed by atoms with Gasteiger partial charge in [-0.15, -0.1) is 0 Å². The maximum atomic E-state index is 6.52. The van der Waals surface area contributed by atoms with Gasteiger partial charge in [0.1, 0.15) is 5.52 Å². The van der Waals surface area contributed by atoms with Crippen LogP contribution in [0, 0.1) is 0 Å². The molecule has 0 spiro atoms. The van der Waals surface area contributed by atoms with Crippen LogP contribution in [0.5, 0.6) is 0 Å². The van der Waals surface area contributed by atoms with Gasteiger partial charge in [-0.2, -0.15) is 9.97 Å². The van der Waals surface area contributed by atoms with Crippen molar-refractivity contribution >= 4 is 32.9 Å². The number of hydrogen-bond acceptors (Lipinski definition) is 5. The van der Waals surface area contributed by atoms with Gasteiger partial charge in [0.2, 0.25) is 11.8 Å². The van der Waals surface area contributed by atoms with E-state index in [9.17, 15) is 0 Å². The van der Waals surface area contributed by atoms with E-state index < -0.39 is 0 Å². The summed E-state index contributed by atoms with van der Waals surface area (Å²) in [6.45, 7) is 4.59. The largest absolute Gasteiger partial charge is 0.435 e. The van der Waals surface area contributed by atoms with Gasteiger partial charge in [-0.3, -0.25) is 4.57 Å². The van der Waals surface area contributed by atoms with Crippen LogP contribution < -0.4 is 0 Å². The van der Waals surface area contributed by atoms with E-state index in [1.54, 1.807) is 0 Å². The lowest BCUT2D eigenvalue weighted by molar-refractivity contribution is 0.618. The minimum absolute atomic E-state index is 0.234. The summed E-state index contributed by atoms with van der Waals surface area (Å²) in [5, 5.41) is 2.32. The molecule has 0 saturated carbocycles. The van der Waals surface area contributed by atoms with Crippen LogP contribution in [0.3, 0.4) is 0 Å². The Labute approximate surface area is 317 Å². The zero-order valence-electron chi connectivity index (χ0n) is 30.2. The summed E-state index contributed by atoms with van der Waals surface area (Å²) in [6.07, 6.45) is 0. The van der Waals surface area contributed by atoms with E-state index in [1.165, 1.54) is 16.7 Å². The van der Waals surface area contributed by atoms with Crippen molar-refractivity contribution < 1.29 is 4.42 Å². The molecular formula is C49H33N5O. The topological polar surface area (TPSA) is 69.6 Å². The molecule has 260 valence electrons. The molecule has 0 fully saturated rings. The number of para-hydroxylation sites is 2. The van der Waals surface area contributed by atoms with Crippen LogP contribution in [0.4, 0.5) is 0 Å². The Kier molecular flexibility index (Phi) is 6.79. The first-order valence-corrected chi connectivity index (χ1v) is 18.6. The van der Waals surface area contributed by atoms with Crippen molar-refractivity contribution in [2.45, 2.75) is 19.3 Å². The van der Waals surface area contributed by atoms with Gasteiger partial charge in [0.05, 0.1) is 11.0 Å². The Morgan fingerprint density at radius 2 is 1.07 bits per heavy atom. The smallest absolute Gasteiger partial charge is 0.238 e. The summed E-state index contributed by atoms with van der Waals surface area (Å²) in [5.74, 6) is 2.46. The highest BCUT2D eigenvalue weighted by Crippen LogP contribution is 2.52. The van der Waals surface area contributed by atoms with Crippen molar-refractivity contribution in [2.75, 3.05) is 0 Å². The van der Waals surface area contributed by atoms with E-state index in [-0.39, 0.29) is 5.41 Å². The monoisotopic (exact) mass is 707 g/mol. The van der Waals surface area contributed by atoms with Gasteiger partial charge < -0.3 is 4.42 Å². The average molecular weight is 708 g/mol. The van der Waals surface area contributed by atoms with Crippen LogP contribution in [0.2, 0.25) is 0 Å². The van der Waals surface area contributed by atoms with Crippen LogP contribution in [-0.4, -0.2) is 24.5 Å². The number of aromatic nitrogens is 5. The Morgan fingerprint density at radius 3 is 1.80 bits per heavy atom. The average Bonchev–Trinajstić information content (AvgIpc) is 3.90. The van der Waals surface area contributed by atoms with Gasteiger partial charge in [0, 0.05) is 38.4 Å². The van der Waals surface area contributed by atoms with Crippen LogP contribution in [0.1, 0.15) is 25.0 Å². The number of rotatable bonds is 5. The summed E-state index contributed by atoms with van der Waals surface area (Å²) in [4.78, 5) is 20.3. The lowest BCUT2D eigenvalue weighted by atomic mass is 9.81. The molecule has 55 heavy (non-hydrogen) atoms. The lowest BCUT2D eigenvalue weighted by Gasteiger charge is -2.22. The number of fused-ring (bicyclic) bond motifs is 8. The minimum Gasteiger partial charge on any atom is -0.435 e. The van der Waals surface area contributed by atoms with Crippen molar-refractivity contribution in [3.8, 4) is 62.4 Å². The highest BCUT2D eigenvalue weighted by Gasteiger charge is 2.38. The zero-order valence-corrected chi connectivity index (χ0v) is 30.2. The molecule has 0 aliphatic heterocycles. The van der Waals surface area contributed by atoms with E-state index >= 15 is 0 Å². The summed E-state index contributed by atoms with van der Waals surface area (Å²) in [7, 11) is 0. The Balaban J connectivity index is 1.04. The van der Waals surface area contributed by atoms with E-state index in [1.807, 2.05) is 60.7 Å². The first-order valence-electron chi connectivity index (χ1n) is 18.6. The fourth-order valence-corrected chi connectivity index (χ4v) is 8.37. The lowest BCUT2D eigenvalue weighted by Crippen LogP contribution is -2.14. The third kappa shape index (κ3) is 4.88. The second-order valence-corrected chi connectivity index (χ2v) is 14.7. The van der Waals surface area contributed by atoms with Crippen LogP contribution in [0.25, 0.3) is 95.3 Å². The third-order valence-electron chi connectivity index (χ3n) is 11.1. The number of benzene rings is 7. The first kappa shape index (κ1) is 31.4. The van der Waals surface area contributed by atoms with Gasteiger partial charge in [0.25, 0.3) is 0 Å². The number of hydrogen-bond donors (Lipinski definition) is 0. The van der Waals surface area contributed by atoms with Crippen molar-refractivity contribution in [1.29, 1.82) is 0 Å². The standard InChI is InChI=1S/C49H33N5O/c1-49(2)38-26-27-40-44(55-47(50-40)31-16-7-4-8-17-31)43(38)37-25-24-33(29-39(37)49)32-18-13-19-34(28-32)46-51-45(30-14-5-3-6-15-30)52-48(53-46)54-41-22-11-9-20-35(41)36-21-10-12-23-42(36)54/h3-29H,1-2H3. The molecule has 10 aromatic rings. The molecule has 11 rings (SSSR count). The number of nitrogens with zero attached hydrogens (tertiary/aromatic N) is 5. The predicted molar refractivity (Wildman–Crippen MR) is 221 cm³/mol. The molecule has 6 heteroatoms.